The van der Waals surface area contributed by atoms with Gasteiger partial charge in [-0.25, -0.2) is 42.0 Å². The fourth-order valence-corrected chi connectivity index (χ4v) is 17.8. The second-order valence-electron chi connectivity index (χ2n) is 20.1. The minimum Gasteiger partial charge on any atom is -0.397 e. The highest BCUT2D eigenvalue weighted by atomic mass is 32.7. The van der Waals surface area contributed by atoms with E-state index in [-0.39, 0.29) is 75.5 Å². The number of aromatic amines is 2. The smallest absolute Gasteiger partial charge is 0.386 e. The summed E-state index contributed by atoms with van der Waals surface area (Å²) in [6.45, 7) is -19.3. The number of anilines is 3. The number of hydrogen-bond donors (Lipinski definition) is 9. The maximum atomic E-state index is 16.0. The molecule has 4 unspecified atom stereocenters. The van der Waals surface area contributed by atoms with E-state index in [1.807, 2.05) is 0 Å². The lowest BCUT2D eigenvalue weighted by molar-refractivity contribution is -0.0555. The first-order chi connectivity index (χ1) is 42.2. The standard InChI is InChI=1S/C21H23FN8O10P2S2.C19H21F2N11O8P2S3/c22-14-13-6-36-41(33,43)39-11-3-10(8-4-24-17-9(31)1-2-26-30(8)17)37-12(11)5-35-42(34,44)40-16(14)20(38-13)29-7-25-15-18(29)27-21(23)28-19(15)32;20-8-7-4-37-42(35,44)39-12-6(38-17(9(12)21)31-14-10(27-29-31)5(22)1-2-24-14)3-36-41(34,43)40-13(8)18(45-7)32-15-11(28-30-32)16(33)26-19(23)25-15/h2,4,7,10-14,16,20H,1,3,5-6H2,(H,33,43)(H,34,44)(H3,23,27,28,32);1-2,6-9,12-13,17-18H,3-4H2,(H2,22,24)(H,34,43)(H,35,44)(H3,23,25,26,33)/t10-,11+,12-,13-,14-,16-,20-,41?,42?;6-,7-,8-,9+,12-,13-,17-,18-,41?,42?/m11/s1. The summed E-state index contributed by atoms with van der Waals surface area (Å²) in [7, 11) is 0. The number of nitrogens with one attached hydrogen (secondary N) is 2. The van der Waals surface area contributed by atoms with Crippen molar-refractivity contribution in [2.24, 2.45) is 5.10 Å². The average Bonchev–Trinajstić information content (AvgIpc) is 1.69. The van der Waals surface area contributed by atoms with Crippen LogP contribution in [0.25, 0.3) is 33.5 Å². The van der Waals surface area contributed by atoms with Crippen molar-refractivity contribution in [1.82, 2.24) is 74.1 Å². The number of carbonyl (C=O) groups excluding carboxylic acids is 1. The molecule has 0 aromatic carbocycles. The minimum absolute atomic E-state index is 0.0520. The van der Waals surface area contributed by atoms with E-state index in [0.717, 1.165) is 27.5 Å². The number of thiol groups is 1. The molecule has 4 bridgehead atoms. The molecule has 7 aromatic rings. The Hall–Kier alpha value is -4.76. The first kappa shape index (κ1) is 63.0. The third-order valence-electron chi connectivity index (χ3n) is 14.4. The number of Topliss-reactive ketones (excluding diaryl/α,β-unsaturated/α-hetero) is 1. The summed E-state index contributed by atoms with van der Waals surface area (Å²) in [4.78, 5) is 94.8. The molecule has 478 valence electrons. The van der Waals surface area contributed by atoms with E-state index in [1.54, 1.807) is 0 Å². The van der Waals surface area contributed by atoms with Crippen molar-refractivity contribution >= 4 is 149 Å². The summed E-state index contributed by atoms with van der Waals surface area (Å²) in [6, 6.07) is 1.48. The van der Waals surface area contributed by atoms with Crippen molar-refractivity contribution in [3.63, 3.8) is 0 Å². The quantitative estimate of drug-likeness (QED) is 0.0880. The third kappa shape index (κ3) is 12.3. The summed E-state index contributed by atoms with van der Waals surface area (Å²) in [5.74, 6) is -0.571. The van der Waals surface area contributed by atoms with Crippen LogP contribution in [0.5, 0.6) is 0 Å². The van der Waals surface area contributed by atoms with Crippen molar-refractivity contribution in [2.75, 3.05) is 43.6 Å². The molecule has 0 spiro atoms. The number of carbonyl (C=O) groups is 1. The van der Waals surface area contributed by atoms with E-state index < -0.39 is 155 Å². The molecule has 7 aromatic heterocycles. The maximum Gasteiger partial charge on any atom is 0.386 e. The van der Waals surface area contributed by atoms with E-state index in [0.29, 0.717) is 5.69 Å². The zero-order chi connectivity index (χ0) is 62.8. The monoisotopic (exact) mass is 1420 g/mol. The molecule has 6 fully saturated rings. The van der Waals surface area contributed by atoms with Gasteiger partial charge in [0.2, 0.25) is 17.7 Å². The highest BCUT2D eigenvalue weighted by Crippen LogP contribution is 2.61. The van der Waals surface area contributed by atoms with Gasteiger partial charge < -0.3 is 64.2 Å². The van der Waals surface area contributed by atoms with E-state index in [1.165, 1.54) is 33.9 Å². The van der Waals surface area contributed by atoms with Crippen LogP contribution in [0.3, 0.4) is 0 Å². The van der Waals surface area contributed by atoms with Crippen LogP contribution >= 0.6 is 51.0 Å². The van der Waals surface area contributed by atoms with Gasteiger partial charge in [-0.2, -0.15) is 19.8 Å². The van der Waals surface area contributed by atoms with Crippen molar-refractivity contribution in [3.05, 3.63) is 57.0 Å². The number of hydrogen-bond acceptors (Lipinski definition) is 32. The summed E-state index contributed by atoms with van der Waals surface area (Å²) in [6.07, 6.45) is -13.6. The molecule has 14 rings (SSSR count). The molecule has 37 nitrogen and oxygen atoms in total. The van der Waals surface area contributed by atoms with Crippen LogP contribution in [-0.4, -0.2) is 194 Å². The summed E-state index contributed by atoms with van der Waals surface area (Å²) >= 11 is 20.5. The molecule has 6 saturated heterocycles. The fraction of sp³-hybridized carbons (Fsp3) is 0.525. The van der Waals surface area contributed by atoms with E-state index in [9.17, 15) is 33.6 Å². The van der Waals surface area contributed by atoms with Crippen LogP contribution in [0.4, 0.5) is 30.8 Å². The number of rotatable bonds is 4. The molecule has 89 heavy (non-hydrogen) atoms. The second-order valence-corrected chi connectivity index (χ2v) is 32.7. The summed E-state index contributed by atoms with van der Waals surface area (Å²) in [5, 5.41) is 17.4. The van der Waals surface area contributed by atoms with Gasteiger partial charge in [0.15, 0.2) is 64.1 Å². The Bertz CT molecular complexity index is 4330. The number of ketones is 1. The maximum absolute atomic E-state index is 16.0. The zero-order valence-corrected chi connectivity index (χ0v) is 52.0. The van der Waals surface area contributed by atoms with Gasteiger partial charge in [-0.3, -0.25) is 47.0 Å². The lowest BCUT2D eigenvalue weighted by Crippen LogP contribution is -2.34. The van der Waals surface area contributed by atoms with Crippen LogP contribution < -0.4 is 28.3 Å². The number of aromatic nitrogens is 15. The summed E-state index contributed by atoms with van der Waals surface area (Å²) < 4.78 is 128. The largest absolute Gasteiger partial charge is 0.397 e. The number of halogens is 3. The van der Waals surface area contributed by atoms with E-state index >= 15 is 13.2 Å². The lowest BCUT2D eigenvalue weighted by atomic mass is 10.1. The van der Waals surface area contributed by atoms with Crippen molar-refractivity contribution < 1.29 is 87.6 Å². The number of nitrogen functional groups attached to an aromatic ring is 3. The second kappa shape index (κ2) is 24.0. The normalized spacial score (nSPS) is 37.7. The molecular formula is C40H44F3N19O18P4S5. The minimum atomic E-state index is -4.41. The molecule has 0 radical (unpaired) electrons. The van der Waals surface area contributed by atoms with Crippen LogP contribution in [0.2, 0.25) is 0 Å². The van der Waals surface area contributed by atoms with Gasteiger partial charge >= 0.3 is 27.0 Å². The molecule has 0 saturated carbocycles. The highest BCUT2D eigenvalue weighted by Gasteiger charge is 2.56. The predicted molar refractivity (Wildman–Crippen MR) is 312 cm³/mol. The van der Waals surface area contributed by atoms with Crippen molar-refractivity contribution in [2.45, 2.75) is 103 Å². The van der Waals surface area contributed by atoms with Gasteiger partial charge in [0.25, 0.3) is 11.1 Å². The van der Waals surface area contributed by atoms with E-state index in [4.69, 9.17) is 103 Å². The molecule has 0 amide bonds. The molecule has 7 aliphatic rings. The number of nitrogens with zero attached hydrogens (tertiary/aromatic N) is 14. The van der Waals surface area contributed by atoms with Gasteiger partial charge in [0.05, 0.1) is 68.1 Å². The van der Waals surface area contributed by atoms with E-state index in [2.05, 4.69) is 72.9 Å². The molecule has 0 aliphatic carbocycles. The molecule has 14 heterocycles. The van der Waals surface area contributed by atoms with Crippen LogP contribution in [0.15, 0.2) is 39.5 Å². The number of thioether (sulfide) groups is 1. The molecule has 7 aliphatic heterocycles. The Balaban J connectivity index is 0.000000164. The van der Waals surface area contributed by atoms with Gasteiger partial charge in [0, 0.05) is 18.8 Å². The van der Waals surface area contributed by atoms with Gasteiger partial charge in [-0.05, 0) is 41.5 Å². The van der Waals surface area contributed by atoms with Gasteiger partial charge in [-0.1, -0.05) is 22.7 Å². The SMILES string of the molecule is Nc1nc2c(ncn2[C@@H]2O[C@@H]3COP(O)(=S)O[C@H]4C[C@H](c5cnc6n5N=CCC6=O)O[C@@H]4COP(O)(=S)O[C@@H]2[C@@H]3F)c(=O)[nH]1.Nc1nc2c(nnn2[C@@H]2S[C@@H]3COP(=O)(S)O[C@H]4[C@H](F)[C@H](n5nnc6c(N)ccnc65)O[C@@H]4COP(O)(=S)O[C@@H]2[C@@H]3F)c(=O)[nH]1. The zero-order valence-electron chi connectivity index (χ0n) is 44.3. The first-order valence-corrected chi connectivity index (χ1v) is 37.2. The third-order valence-corrected chi connectivity index (χ3v) is 22.2. The Morgan fingerprint density at radius 3 is 2.09 bits per heavy atom. The molecular weight excluding hydrogens is 1380 g/mol. The average molecular weight is 1420 g/mol. The number of alkyl halides is 3. The Morgan fingerprint density at radius 1 is 0.685 bits per heavy atom. The predicted octanol–water partition coefficient (Wildman–Crippen LogP) is 1.11. The van der Waals surface area contributed by atoms with Crippen LogP contribution in [0, 0.1) is 0 Å². The van der Waals surface area contributed by atoms with Gasteiger partial charge in [-0.15, -0.1) is 22.0 Å². The number of pyridine rings is 1. The highest BCUT2D eigenvalue weighted by molar-refractivity contribution is 8.44. The first-order valence-electron chi connectivity index (χ1n) is 25.8. The lowest BCUT2D eigenvalue weighted by Gasteiger charge is -2.27. The van der Waals surface area contributed by atoms with Crippen LogP contribution in [0.1, 0.15) is 53.1 Å². The van der Waals surface area contributed by atoms with Crippen LogP contribution in [-0.2, 0) is 90.4 Å². The Labute approximate surface area is 517 Å². The Morgan fingerprint density at radius 2 is 1.34 bits per heavy atom. The Kier molecular flexibility index (Phi) is 17.0. The number of H-pyrrole nitrogens is 2. The van der Waals surface area contributed by atoms with Crippen molar-refractivity contribution in [3.8, 4) is 0 Å². The fourth-order valence-electron chi connectivity index (χ4n) is 10.4. The number of fused-ring (bicyclic) bond motifs is 10. The van der Waals surface area contributed by atoms with Gasteiger partial charge in [0.1, 0.15) is 54.3 Å². The van der Waals surface area contributed by atoms with Crippen molar-refractivity contribution in [1.29, 1.82) is 0 Å². The topological polar surface area (TPSA) is 488 Å². The number of nitrogens with two attached hydrogens (primary N) is 3. The molecule has 11 N–H and O–H groups in total. The molecule has 19 atom stereocenters. The summed E-state index contributed by atoms with van der Waals surface area (Å²) in [5.41, 5.74) is 16.4. The number of ether oxygens (including phenoxy) is 3. The number of imidazole rings is 2. The molecule has 49 heteroatoms.